The summed E-state index contributed by atoms with van der Waals surface area (Å²) in [6.45, 7) is 4.63. The molecule has 2 N–H and O–H groups in total. The maximum Gasteiger partial charge on any atom is 0.412 e. The molecule has 0 aromatic carbocycles. The number of hydrogen-bond acceptors (Lipinski definition) is 4. The van der Waals surface area contributed by atoms with Crippen molar-refractivity contribution in [2.75, 3.05) is 11.9 Å². The van der Waals surface area contributed by atoms with Crippen molar-refractivity contribution in [3.8, 4) is 0 Å². The van der Waals surface area contributed by atoms with Gasteiger partial charge in [-0.1, -0.05) is 52.4 Å². The lowest BCUT2D eigenvalue weighted by Crippen LogP contribution is -2.15. The molecule has 0 bridgehead atoms. The Hall–Kier alpha value is -1.56. The summed E-state index contributed by atoms with van der Waals surface area (Å²) < 4.78 is 5.14. The molecule has 1 aromatic rings. The topological polar surface area (TPSA) is 75.6 Å². The van der Waals surface area contributed by atoms with Crippen molar-refractivity contribution in [2.45, 2.75) is 71.6 Å². The van der Waals surface area contributed by atoms with Crippen LogP contribution in [0.25, 0.3) is 0 Å². The van der Waals surface area contributed by atoms with Crippen molar-refractivity contribution in [2.24, 2.45) is 0 Å². The van der Waals surface area contributed by atoms with Gasteiger partial charge in [0.2, 0.25) is 0 Å². The number of carboxylic acids is 1. The molecule has 1 aromatic heterocycles. The maximum absolute atomic E-state index is 11.8. The second-order valence-electron chi connectivity index (χ2n) is 5.89. The van der Waals surface area contributed by atoms with E-state index in [0.717, 1.165) is 43.4 Å². The molecule has 0 saturated carbocycles. The molecule has 1 heterocycles. The lowest BCUT2D eigenvalue weighted by Gasteiger charge is -2.06. The number of ether oxygens (including phenoxy) is 1. The highest BCUT2D eigenvalue weighted by Gasteiger charge is 2.17. The van der Waals surface area contributed by atoms with Crippen LogP contribution in [0.5, 0.6) is 0 Å². The summed E-state index contributed by atoms with van der Waals surface area (Å²) >= 11 is 1.32. The first-order valence-corrected chi connectivity index (χ1v) is 9.69. The Morgan fingerprint density at radius 1 is 1.08 bits per heavy atom. The van der Waals surface area contributed by atoms with Crippen LogP contribution >= 0.6 is 11.3 Å². The first kappa shape index (κ1) is 20.5. The number of rotatable bonds is 12. The van der Waals surface area contributed by atoms with Crippen molar-refractivity contribution in [1.29, 1.82) is 0 Å². The van der Waals surface area contributed by atoms with Crippen LogP contribution in [-0.2, 0) is 11.2 Å². The molecular weight excluding hydrogens is 326 g/mol. The molecule has 0 spiro atoms. The molecule has 0 aliphatic heterocycles. The molecule has 0 aliphatic carbocycles. The average Bonchev–Trinajstić information content (AvgIpc) is 2.95. The number of carboxylic acid groups (broad SMARTS) is 1. The molecule has 1 rings (SSSR count). The van der Waals surface area contributed by atoms with Gasteiger partial charge in [-0.05, 0) is 25.3 Å². The molecule has 136 valence electrons. The normalized spacial score (nSPS) is 10.6. The molecule has 0 radical (unpaired) electrons. The Morgan fingerprint density at radius 2 is 1.75 bits per heavy atom. The molecule has 24 heavy (non-hydrogen) atoms. The zero-order valence-electron chi connectivity index (χ0n) is 14.7. The van der Waals surface area contributed by atoms with E-state index in [1.54, 1.807) is 6.07 Å². The van der Waals surface area contributed by atoms with Crippen LogP contribution in [0.4, 0.5) is 9.80 Å². The maximum atomic E-state index is 11.8. The van der Waals surface area contributed by atoms with Gasteiger partial charge in [0, 0.05) is 4.88 Å². The molecule has 6 heteroatoms. The third-order valence-corrected chi connectivity index (χ3v) is 4.85. The third kappa shape index (κ3) is 7.81. The number of unbranched alkanes of at least 4 members (excludes halogenated alkanes) is 6. The van der Waals surface area contributed by atoms with E-state index in [1.165, 1.54) is 30.6 Å². The summed E-state index contributed by atoms with van der Waals surface area (Å²) in [7, 11) is 0. The van der Waals surface area contributed by atoms with Gasteiger partial charge in [0.1, 0.15) is 5.00 Å². The van der Waals surface area contributed by atoms with Gasteiger partial charge in [0.25, 0.3) is 0 Å². The van der Waals surface area contributed by atoms with Crippen molar-refractivity contribution in [3.63, 3.8) is 0 Å². The average molecular weight is 356 g/mol. The van der Waals surface area contributed by atoms with E-state index in [1.807, 2.05) is 0 Å². The van der Waals surface area contributed by atoms with E-state index in [0.29, 0.717) is 11.6 Å². The molecule has 0 saturated heterocycles. The van der Waals surface area contributed by atoms with Crippen molar-refractivity contribution in [1.82, 2.24) is 0 Å². The minimum atomic E-state index is -1.03. The van der Waals surface area contributed by atoms with Crippen LogP contribution in [0.1, 0.15) is 80.4 Å². The predicted octanol–water partition coefficient (Wildman–Crippen LogP) is 5.70. The monoisotopic (exact) mass is 355 g/mol. The quantitative estimate of drug-likeness (QED) is 0.472. The number of aromatic carboxylic acids is 1. The predicted molar refractivity (Wildman–Crippen MR) is 98.2 cm³/mol. The van der Waals surface area contributed by atoms with Gasteiger partial charge in [-0.15, -0.1) is 11.3 Å². The minimum absolute atomic E-state index is 0.141. The van der Waals surface area contributed by atoms with Crippen LogP contribution in [-0.4, -0.2) is 23.8 Å². The Kier molecular flexibility index (Phi) is 10.2. The second-order valence-corrected chi connectivity index (χ2v) is 7.03. The van der Waals surface area contributed by atoms with Gasteiger partial charge in [0.05, 0.1) is 12.2 Å². The van der Waals surface area contributed by atoms with E-state index in [9.17, 15) is 14.7 Å². The number of anilines is 1. The highest BCUT2D eigenvalue weighted by molar-refractivity contribution is 7.16. The van der Waals surface area contributed by atoms with Gasteiger partial charge in [-0.25, -0.2) is 9.59 Å². The van der Waals surface area contributed by atoms with Gasteiger partial charge in [0.15, 0.2) is 0 Å². The number of thiophene rings is 1. The highest BCUT2D eigenvalue weighted by Crippen LogP contribution is 2.29. The van der Waals surface area contributed by atoms with Gasteiger partial charge >= 0.3 is 12.1 Å². The van der Waals surface area contributed by atoms with Gasteiger partial charge < -0.3 is 9.84 Å². The lowest BCUT2D eigenvalue weighted by atomic mass is 10.1. The number of hydrogen-bond donors (Lipinski definition) is 2. The number of nitrogens with one attached hydrogen (secondary N) is 1. The second kappa shape index (κ2) is 11.9. The molecule has 0 fully saturated rings. The van der Waals surface area contributed by atoms with Crippen molar-refractivity contribution < 1.29 is 19.4 Å². The summed E-state index contributed by atoms with van der Waals surface area (Å²) in [4.78, 5) is 24.1. The smallest absolute Gasteiger partial charge is 0.412 e. The molecule has 1 amide bonds. The number of aryl methyl sites for hydroxylation is 1. The summed E-state index contributed by atoms with van der Waals surface area (Å²) in [5.74, 6) is -1.03. The third-order valence-electron chi connectivity index (χ3n) is 3.74. The van der Waals surface area contributed by atoms with Crippen LogP contribution in [0, 0.1) is 0 Å². The largest absolute Gasteiger partial charge is 0.478 e. The van der Waals surface area contributed by atoms with Crippen LogP contribution < -0.4 is 5.32 Å². The number of carbonyl (C=O) groups is 2. The summed E-state index contributed by atoms with van der Waals surface area (Å²) in [5, 5.41) is 12.2. The SMILES string of the molecule is CCCCCCCCOC(=O)Nc1sc(CCCC)cc1C(=O)O. The van der Waals surface area contributed by atoms with Crippen LogP contribution in [0.3, 0.4) is 0 Å². The fourth-order valence-corrected chi connectivity index (χ4v) is 3.42. The minimum Gasteiger partial charge on any atom is -0.478 e. The number of carbonyl (C=O) groups excluding carboxylic acids is 1. The molecular formula is C18H29NO4S. The molecule has 0 unspecified atom stereocenters. The Morgan fingerprint density at radius 3 is 2.42 bits per heavy atom. The fourth-order valence-electron chi connectivity index (χ4n) is 2.34. The van der Waals surface area contributed by atoms with Gasteiger partial charge in [-0.2, -0.15) is 0 Å². The molecule has 0 aliphatic rings. The fraction of sp³-hybridized carbons (Fsp3) is 0.667. The lowest BCUT2D eigenvalue weighted by molar-refractivity contribution is 0.0698. The standard InChI is InChI=1S/C18H29NO4S/c1-3-5-7-8-9-10-12-23-18(22)19-16-15(17(20)21)13-14(24-16)11-6-4-2/h13H,3-12H2,1-2H3,(H,19,22)(H,20,21). The Labute approximate surface area is 148 Å². The summed E-state index contributed by atoms with van der Waals surface area (Å²) in [5.41, 5.74) is 0.141. The van der Waals surface area contributed by atoms with Crippen molar-refractivity contribution in [3.05, 3.63) is 16.5 Å². The number of amides is 1. The van der Waals surface area contributed by atoms with E-state index in [4.69, 9.17) is 4.74 Å². The first-order valence-electron chi connectivity index (χ1n) is 8.88. The van der Waals surface area contributed by atoms with Gasteiger partial charge in [-0.3, -0.25) is 5.32 Å². The summed E-state index contributed by atoms with van der Waals surface area (Å²) in [6.07, 6.45) is 9.04. The Bertz CT molecular complexity index is 513. The van der Waals surface area contributed by atoms with E-state index < -0.39 is 12.1 Å². The Balaban J connectivity index is 2.39. The van der Waals surface area contributed by atoms with E-state index in [2.05, 4.69) is 19.2 Å². The zero-order valence-corrected chi connectivity index (χ0v) is 15.5. The highest BCUT2D eigenvalue weighted by atomic mass is 32.1. The molecule has 5 nitrogen and oxygen atoms in total. The summed E-state index contributed by atoms with van der Waals surface area (Å²) in [6, 6.07) is 1.64. The first-order chi connectivity index (χ1) is 11.6. The van der Waals surface area contributed by atoms with Crippen molar-refractivity contribution >= 4 is 28.4 Å². The van der Waals surface area contributed by atoms with Crippen LogP contribution in [0.2, 0.25) is 0 Å². The zero-order chi connectivity index (χ0) is 17.8. The van der Waals surface area contributed by atoms with E-state index in [-0.39, 0.29) is 5.56 Å². The van der Waals surface area contributed by atoms with E-state index >= 15 is 0 Å². The van der Waals surface area contributed by atoms with Crippen LogP contribution in [0.15, 0.2) is 6.07 Å². The molecule has 0 atom stereocenters.